The van der Waals surface area contributed by atoms with Crippen molar-refractivity contribution in [3.8, 4) is 5.82 Å². The molecule has 27 heavy (non-hydrogen) atoms. The number of aromatic nitrogens is 5. The molecule has 8 nitrogen and oxygen atoms in total. The van der Waals surface area contributed by atoms with Gasteiger partial charge in [-0.05, 0) is 32.0 Å². The number of aromatic amines is 1. The van der Waals surface area contributed by atoms with Crippen LogP contribution in [-0.4, -0.2) is 25.0 Å². The van der Waals surface area contributed by atoms with Crippen LogP contribution in [0.3, 0.4) is 0 Å². The lowest BCUT2D eigenvalue weighted by Crippen LogP contribution is -2.19. The predicted octanol–water partition coefficient (Wildman–Crippen LogP) is 3.37. The monoisotopic (exact) mass is 388 g/mol. The van der Waals surface area contributed by atoms with Crippen LogP contribution < -0.4 is 10.9 Å². The van der Waals surface area contributed by atoms with Gasteiger partial charge in [-0.15, -0.1) is 5.10 Å². The van der Waals surface area contributed by atoms with E-state index in [1.807, 2.05) is 6.92 Å². The summed E-state index contributed by atoms with van der Waals surface area (Å²) in [6, 6.07) is 4.12. The van der Waals surface area contributed by atoms with Crippen molar-refractivity contribution < 1.29 is 8.81 Å². The lowest BCUT2D eigenvalue weighted by Gasteiger charge is -2.12. The van der Waals surface area contributed by atoms with Crippen LogP contribution in [0.4, 0.5) is 10.4 Å². The molecule has 0 radical (unpaired) electrons. The average molecular weight is 389 g/mol. The first-order valence-corrected chi connectivity index (χ1v) is 8.42. The summed E-state index contributed by atoms with van der Waals surface area (Å²) >= 11 is 5.83. The summed E-state index contributed by atoms with van der Waals surface area (Å²) in [4.78, 5) is 19.3. The van der Waals surface area contributed by atoms with Gasteiger partial charge in [0.1, 0.15) is 12.1 Å². The zero-order valence-corrected chi connectivity index (χ0v) is 15.1. The second kappa shape index (κ2) is 6.51. The molecule has 1 unspecified atom stereocenters. The van der Waals surface area contributed by atoms with Gasteiger partial charge in [-0.2, -0.15) is 9.67 Å². The minimum absolute atomic E-state index is 0.0124. The van der Waals surface area contributed by atoms with E-state index in [1.54, 1.807) is 19.2 Å². The number of aryl methyl sites for hydroxylation is 1. The summed E-state index contributed by atoms with van der Waals surface area (Å²) in [5, 5.41) is 11.4. The molecule has 0 aliphatic heterocycles. The largest absolute Gasteiger partial charge is 0.430 e. The molecule has 0 bridgehead atoms. The molecule has 0 amide bonds. The van der Waals surface area contributed by atoms with Gasteiger partial charge in [0, 0.05) is 10.9 Å². The number of fused-ring (bicyclic) bond motifs is 1. The first-order valence-electron chi connectivity index (χ1n) is 8.04. The second-order valence-electron chi connectivity index (χ2n) is 6.07. The number of oxazole rings is 1. The minimum Gasteiger partial charge on any atom is -0.430 e. The van der Waals surface area contributed by atoms with Gasteiger partial charge in [0.2, 0.25) is 0 Å². The van der Waals surface area contributed by atoms with Gasteiger partial charge in [0.15, 0.2) is 5.82 Å². The number of hydrogen-bond donors (Lipinski definition) is 2. The van der Waals surface area contributed by atoms with Crippen LogP contribution >= 0.6 is 11.6 Å². The lowest BCUT2D eigenvalue weighted by molar-refractivity contribution is 0.561. The molecular weight excluding hydrogens is 375 g/mol. The molecule has 138 valence electrons. The Hall–Kier alpha value is -3.20. The lowest BCUT2D eigenvalue weighted by atomic mass is 10.1. The molecular formula is C17H14ClFN6O2. The molecule has 4 aromatic rings. The Morgan fingerprint density at radius 2 is 2.19 bits per heavy atom. The smallest absolute Gasteiger partial charge is 0.297 e. The number of halogens is 2. The van der Waals surface area contributed by atoms with E-state index in [0.29, 0.717) is 22.3 Å². The van der Waals surface area contributed by atoms with E-state index in [2.05, 4.69) is 25.6 Å². The van der Waals surface area contributed by atoms with Crippen molar-refractivity contribution in [1.29, 1.82) is 0 Å². The zero-order chi connectivity index (χ0) is 19.1. The standard InChI is InChI=1S/C17H14ClFN6O2/c1-8-6-20-24-25(8)15-7-27-17(23-15)21-9(2)11-3-10-4-12(18)13(19)5-14(10)22-16(11)26/h3-7,9H,1-2H3,(H,21,23)(H,22,26). The van der Waals surface area contributed by atoms with Crippen molar-refractivity contribution in [3.05, 3.63) is 63.1 Å². The van der Waals surface area contributed by atoms with Crippen molar-refractivity contribution in [2.45, 2.75) is 19.9 Å². The van der Waals surface area contributed by atoms with Crippen LogP contribution in [0, 0.1) is 12.7 Å². The van der Waals surface area contributed by atoms with Crippen molar-refractivity contribution in [2.24, 2.45) is 0 Å². The highest BCUT2D eigenvalue weighted by atomic mass is 35.5. The van der Waals surface area contributed by atoms with Crippen molar-refractivity contribution >= 4 is 28.5 Å². The quantitative estimate of drug-likeness (QED) is 0.555. The van der Waals surface area contributed by atoms with Crippen molar-refractivity contribution in [2.75, 3.05) is 5.32 Å². The maximum atomic E-state index is 13.6. The highest BCUT2D eigenvalue weighted by Crippen LogP contribution is 2.24. The number of anilines is 1. The molecule has 3 aromatic heterocycles. The van der Waals surface area contributed by atoms with Gasteiger partial charge in [0.25, 0.3) is 11.6 Å². The molecule has 0 aliphatic rings. The van der Waals surface area contributed by atoms with E-state index in [9.17, 15) is 9.18 Å². The summed E-state index contributed by atoms with van der Waals surface area (Å²) in [5.74, 6) is -0.121. The number of hydrogen-bond acceptors (Lipinski definition) is 6. The number of benzene rings is 1. The number of rotatable bonds is 4. The molecule has 1 aromatic carbocycles. The fraction of sp³-hybridized carbons (Fsp3) is 0.176. The number of H-pyrrole nitrogens is 1. The molecule has 0 spiro atoms. The first-order chi connectivity index (χ1) is 12.9. The Balaban J connectivity index is 1.63. The molecule has 0 saturated heterocycles. The van der Waals surface area contributed by atoms with Gasteiger partial charge in [-0.1, -0.05) is 16.8 Å². The van der Waals surface area contributed by atoms with Crippen LogP contribution in [0.5, 0.6) is 0 Å². The maximum absolute atomic E-state index is 13.6. The van der Waals surface area contributed by atoms with Gasteiger partial charge >= 0.3 is 0 Å². The summed E-state index contributed by atoms with van der Waals surface area (Å²) in [5.41, 5.74) is 1.26. The van der Waals surface area contributed by atoms with Gasteiger partial charge in [-0.25, -0.2) is 4.39 Å². The molecule has 0 aliphatic carbocycles. The Kier molecular flexibility index (Phi) is 4.15. The SMILES string of the molecule is Cc1cnnn1-c1coc(NC(C)c2cc3cc(Cl)c(F)cc3[nH]c2=O)n1. The summed E-state index contributed by atoms with van der Waals surface area (Å²) in [6.07, 6.45) is 3.04. The van der Waals surface area contributed by atoms with E-state index in [1.165, 1.54) is 23.1 Å². The number of pyridine rings is 1. The Labute approximate surface area is 157 Å². The van der Waals surface area contributed by atoms with Gasteiger partial charge in [-0.3, -0.25) is 4.79 Å². The van der Waals surface area contributed by atoms with Crippen LogP contribution in [0.2, 0.25) is 5.02 Å². The third kappa shape index (κ3) is 3.17. The third-order valence-corrected chi connectivity index (χ3v) is 4.44. The van der Waals surface area contributed by atoms with Crippen molar-refractivity contribution in [1.82, 2.24) is 25.0 Å². The molecule has 3 heterocycles. The highest BCUT2D eigenvalue weighted by molar-refractivity contribution is 6.31. The normalized spacial score (nSPS) is 12.4. The van der Waals surface area contributed by atoms with Gasteiger partial charge in [0.05, 0.1) is 28.5 Å². The van der Waals surface area contributed by atoms with Crippen LogP contribution in [-0.2, 0) is 0 Å². The fourth-order valence-electron chi connectivity index (χ4n) is 2.74. The summed E-state index contributed by atoms with van der Waals surface area (Å²) in [6.45, 7) is 3.62. The van der Waals surface area contributed by atoms with Gasteiger partial charge < -0.3 is 14.7 Å². The molecule has 1 atom stereocenters. The van der Waals surface area contributed by atoms with E-state index < -0.39 is 11.9 Å². The van der Waals surface area contributed by atoms with E-state index in [0.717, 1.165) is 5.69 Å². The Bertz CT molecular complexity index is 1200. The summed E-state index contributed by atoms with van der Waals surface area (Å²) in [7, 11) is 0. The van der Waals surface area contributed by atoms with E-state index in [4.69, 9.17) is 16.0 Å². The topological polar surface area (TPSA) is 102 Å². The molecule has 0 saturated carbocycles. The van der Waals surface area contributed by atoms with Crippen molar-refractivity contribution in [3.63, 3.8) is 0 Å². The second-order valence-corrected chi connectivity index (χ2v) is 6.48. The van der Waals surface area contributed by atoms with Crippen LogP contribution in [0.25, 0.3) is 16.7 Å². The number of nitrogens with one attached hydrogen (secondary N) is 2. The number of nitrogens with zero attached hydrogens (tertiary/aromatic N) is 4. The molecule has 10 heteroatoms. The highest BCUT2D eigenvalue weighted by Gasteiger charge is 2.16. The predicted molar refractivity (Wildman–Crippen MR) is 97.7 cm³/mol. The zero-order valence-electron chi connectivity index (χ0n) is 14.3. The third-order valence-electron chi connectivity index (χ3n) is 4.15. The minimum atomic E-state index is -0.588. The molecule has 2 N–H and O–H groups in total. The van der Waals surface area contributed by atoms with E-state index >= 15 is 0 Å². The fourth-order valence-corrected chi connectivity index (χ4v) is 2.92. The maximum Gasteiger partial charge on any atom is 0.297 e. The van der Waals surface area contributed by atoms with E-state index in [-0.39, 0.29) is 16.6 Å². The molecule has 4 rings (SSSR count). The molecule has 0 fully saturated rings. The first kappa shape index (κ1) is 17.2. The summed E-state index contributed by atoms with van der Waals surface area (Å²) < 4.78 is 20.5. The van der Waals surface area contributed by atoms with Crippen LogP contribution in [0.1, 0.15) is 24.2 Å². The van der Waals surface area contributed by atoms with Crippen LogP contribution in [0.15, 0.2) is 39.9 Å². The average Bonchev–Trinajstić information content (AvgIpc) is 3.24. The Morgan fingerprint density at radius 3 is 2.93 bits per heavy atom. The Morgan fingerprint density at radius 1 is 1.37 bits per heavy atom.